The van der Waals surface area contributed by atoms with Gasteiger partial charge in [-0.1, -0.05) is 26.0 Å². The molecule has 0 aliphatic carbocycles. The van der Waals surface area contributed by atoms with Crippen molar-refractivity contribution in [3.63, 3.8) is 0 Å². The van der Waals surface area contributed by atoms with Crippen molar-refractivity contribution in [3.8, 4) is 0 Å². The predicted molar refractivity (Wildman–Crippen MR) is 76.4 cm³/mol. The van der Waals surface area contributed by atoms with Crippen LogP contribution >= 0.6 is 0 Å². The molecule has 2 rings (SSSR count). The van der Waals surface area contributed by atoms with E-state index >= 15 is 0 Å². The fraction of sp³-hybridized carbons (Fsp3) is 0.333. The van der Waals surface area contributed by atoms with Gasteiger partial charge in [0.05, 0.1) is 13.2 Å². The summed E-state index contributed by atoms with van der Waals surface area (Å²) in [4.78, 5) is 11.6. The van der Waals surface area contributed by atoms with Gasteiger partial charge in [-0.3, -0.25) is 10.00 Å². The summed E-state index contributed by atoms with van der Waals surface area (Å²) in [5.74, 6) is 0.322. The SMILES string of the molecule is CC(C)COC(=O)Nc1cccc(Cn2cc[c]n2)c1. The molecule has 1 aromatic heterocycles. The quantitative estimate of drug-likeness (QED) is 0.910. The number of aromatic nitrogens is 2. The molecular formula is C15H18N3O2. The Kier molecular flexibility index (Phi) is 4.76. The molecule has 0 fully saturated rings. The summed E-state index contributed by atoms with van der Waals surface area (Å²) in [6, 6.07) is 9.35. The van der Waals surface area contributed by atoms with Crippen LogP contribution in [0.15, 0.2) is 36.5 Å². The van der Waals surface area contributed by atoms with Crippen LogP contribution in [0, 0.1) is 12.1 Å². The molecule has 0 unspecified atom stereocenters. The first kappa shape index (κ1) is 14.1. The summed E-state index contributed by atoms with van der Waals surface area (Å²) >= 11 is 0. The second-order valence-electron chi connectivity index (χ2n) is 4.96. The third-order valence-corrected chi connectivity index (χ3v) is 2.57. The summed E-state index contributed by atoms with van der Waals surface area (Å²) in [6.45, 7) is 5.04. The van der Waals surface area contributed by atoms with Gasteiger partial charge in [0.2, 0.25) is 0 Å². The summed E-state index contributed by atoms with van der Waals surface area (Å²) in [6.07, 6.45) is 4.16. The zero-order valence-electron chi connectivity index (χ0n) is 11.7. The second-order valence-corrected chi connectivity index (χ2v) is 4.96. The maximum Gasteiger partial charge on any atom is 0.411 e. The van der Waals surface area contributed by atoms with Crippen LogP contribution in [0.25, 0.3) is 0 Å². The third kappa shape index (κ3) is 4.42. The Bertz CT molecular complexity index is 550. The molecule has 0 saturated carbocycles. The lowest BCUT2D eigenvalue weighted by Crippen LogP contribution is -2.16. The van der Waals surface area contributed by atoms with Crippen molar-refractivity contribution in [1.29, 1.82) is 0 Å². The number of rotatable bonds is 5. The van der Waals surface area contributed by atoms with E-state index in [0.29, 0.717) is 24.8 Å². The number of anilines is 1. The van der Waals surface area contributed by atoms with Crippen molar-refractivity contribution in [3.05, 3.63) is 48.3 Å². The molecule has 0 spiro atoms. The molecule has 1 heterocycles. The van der Waals surface area contributed by atoms with Crippen molar-refractivity contribution in [1.82, 2.24) is 9.78 Å². The molecule has 105 valence electrons. The maximum absolute atomic E-state index is 11.6. The summed E-state index contributed by atoms with van der Waals surface area (Å²) in [5.41, 5.74) is 1.76. The largest absolute Gasteiger partial charge is 0.449 e. The molecule has 1 radical (unpaired) electrons. The van der Waals surface area contributed by atoms with Gasteiger partial charge >= 0.3 is 6.09 Å². The maximum atomic E-state index is 11.6. The van der Waals surface area contributed by atoms with E-state index < -0.39 is 6.09 Å². The smallest absolute Gasteiger partial charge is 0.411 e. The average Bonchev–Trinajstić information content (AvgIpc) is 2.89. The van der Waals surface area contributed by atoms with Crippen molar-refractivity contribution in [2.75, 3.05) is 11.9 Å². The molecule has 0 aliphatic rings. The van der Waals surface area contributed by atoms with E-state index in [-0.39, 0.29) is 0 Å². The van der Waals surface area contributed by atoms with Crippen molar-refractivity contribution >= 4 is 11.8 Å². The molecule has 2 aromatic rings. The standard InChI is InChI=1S/C15H18N3O2/c1-12(2)11-20-15(19)17-14-6-3-5-13(9-14)10-18-8-4-7-16-18/h3-6,8-9,12H,10-11H2,1-2H3,(H,17,19). The van der Waals surface area contributed by atoms with E-state index in [4.69, 9.17) is 4.74 Å². The highest BCUT2D eigenvalue weighted by atomic mass is 16.5. The molecule has 5 heteroatoms. The minimum absolute atomic E-state index is 0.322. The van der Waals surface area contributed by atoms with Crippen LogP contribution in [-0.2, 0) is 11.3 Å². The van der Waals surface area contributed by atoms with E-state index in [1.54, 1.807) is 10.7 Å². The van der Waals surface area contributed by atoms with Crippen LogP contribution in [0.1, 0.15) is 19.4 Å². The van der Waals surface area contributed by atoms with E-state index in [0.717, 1.165) is 5.56 Å². The number of nitrogens with one attached hydrogen (secondary N) is 1. The summed E-state index contributed by atoms with van der Waals surface area (Å²) < 4.78 is 6.85. The van der Waals surface area contributed by atoms with E-state index in [1.807, 2.05) is 44.3 Å². The summed E-state index contributed by atoms with van der Waals surface area (Å²) in [7, 11) is 0. The highest BCUT2D eigenvalue weighted by Crippen LogP contribution is 2.12. The zero-order chi connectivity index (χ0) is 14.4. The van der Waals surface area contributed by atoms with Gasteiger partial charge in [0.1, 0.15) is 6.20 Å². The Morgan fingerprint density at radius 2 is 2.35 bits per heavy atom. The Morgan fingerprint density at radius 3 is 3.05 bits per heavy atom. The lowest BCUT2D eigenvalue weighted by molar-refractivity contribution is 0.147. The predicted octanol–water partition coefficient (Wildman–Crippen LogP) is 2.94. The molecule has 20 heavy (non-hydrogen) atoms. The number of hydrogen-bond donors (Lipinski definition) is 1. The monoisotopic (exact) mass is 272 g/mol. The normalized spacial score (nSPS) is 10.6. The van der Waals surface area contributed by atoms with Crippen LogP contribution in [0.3, 0.4) is 0 Å². The van der Waals surface area contributed by atoms with Gasteiger partial charge in [-0.05, 0) is 29.7 Å². The van der Waals surface area contributed by atoms with Gasteiger partial charge in [0.15, 0.2) is 0 Å². The van der Waals surface area contributed by atoms with Gasteiger partial charge in [-0.2, -0.15) is 5.10 Å². The first-order valence-electron chi connectivity index (χ1n) is 6.55. The molecular weight excluding hydrogens is 254 g/mol. The van der Waals surface area contributed by atoms with Crippen LogP contribution < -0.4 is 5.32 Å². The first-order valence-corrected chi connectivity index (χ1v) is 6.55. The molecule has 1 amide bonds. The molecule has 1 aromatic carbocycles. The minimum Gasteiger partial charge on any atom is -0.449 e. The van der Waals surface area contributed by atoms with E-state index in [9.17, 15) is 4.79 Å². The lowest BCUT2D eigenvalue weighted by Gasteiger charge is -2.10. The zero-order valence-corrected chi connectivity index (χ0v) is 11.7. The van der Waals surface area contributed by atoms with Crippen molar-refractivity contribution < 1.29 is 9.53 Å². The second kappa shape index (κ2) is 6.75. The Labute approximate surface area is 118 Å². The van der Waals surface area contributed by atoms with Crippen LogP contribution in [0.2, 0.25) is 0 Å². The highest BCUT2D eigenvalue weighted by molar-refractivity contribution is 5.84. The Hall–Kier alpha value is -2.30. The number of nitrogens with zero attached hydrogens (tertiary/aromatic N) is 2. The molecule has 5 nitrogen and oxygen atoms in total. The molecule has 1 N–H and O–H groups in total. The van der Waals surface area contributed by atoms with E-state index in [1.165, 1.54) is 0 Å². The van der Waals surface area contributed by atoms with Crippen LogP contribution in [-0.4, -0.2) is 22.5 Å². The number of carbonyl (C=O) groups excluding carboxylic acids is 1. The van der Waals surface area contributed by atoms with Crippen molar-refractivity contribution in [2.24, 2.45) is 5.92 Å². The highest BCUT2D eigenvalue weighted by Gasteiger charge is 2.05. The van der Waals surface area contributed by atoms with E-state index in [2.05, 4.69) is 16.6 Å². The van der Waals surface area contributed by atoms with Gasteiger partial charge in [0.25, 0.3) is 0 Å². The third-order valence-electron chi connectivity index (χ3n) is 2.57. The van der Waals surface area contributed by atoms with Gasteiger partial charge in [-0.25, -0.2) is 4.79 Å². The van der Waals surface area contributed by atoms with Gasteiger partial charge < -0.3 is 4.74 Å². The molecule has 0 aliphatic heterocycles. The van der Waals surface area contributed by atoms with Gasteiger partial charge in [-0.15, -0.1) is 0 Å². The minimum atomic E-state index is -0.428. The Morgan fingerprint density at radius 1 is 1.50 bits per heavy atom. The van der Waals surface area contributed by atoms with Gasteiger partial charge in [0, 0.05) is 11.9 Å². The number of hydrogen-bond acceptors (Lipinski definition) is 3. The molecule has 0 bridgehead atoms. The van der Waals surface area contributed by atoms with Crippen LogP contribution in [0.4, 0.5) is 10.5 Å². The fourth-order valence-electron chi connectivity index (χ4n) is 1.68. The Balaban J connectivity index is 1.94. The van der Waals surface area contributed by atoms with Crippen molar-refractivity contribution in [2.45, 2.75) is 20.4 Å². The number of benzene rings is 1. The number of ether oxygens (including phenoxy) is 1. The topological polar surface area (TPSA) is 56.1 Å². The fourth-order valence-corrected chi connectivity index (χ4v) is 1.68. The summed E-state index contributed by atoms with van der Waals surface area (Å²) in [5, 5.41) is 6.75. The van der Waals surface area contributed by atoms with Crippen LogP contribution in [0.5, 0.6) is 0 Å². The lowest BCUT2D eigenvalue weighted by atomic mass is 10.2. The number of amides is 1. The first-order chi connectivity index (χ1) is 9.63. The number of carbonyl (C=O) groups is 1. The molecule has 0 saturated heterocycles. The average molecular weight is 272 g/mol. The molecule has 0 atom stereocenters.